The van der Waals surface area contributed by atoms with Gasteiger partial charge in [-0.2, -0.15) is 10.2 Å². The van der Waals surface area contributed by atoms with Crippen molar-refractivity contribution in [2.75, 3.05) is 18.9 Å². The van der Waals surface area contributed by atoms with Crippen LogP contribution >= 0.6 is 0 Å². The standard InChI is InChI=1S/C19H26N6O/c1-13-3-8-19(26)25(23-13)16-6-4-15(5-7-16)20-18-11-14-12-24(2)10-9-17(14)21-22-18/h3,8,11,15-16H,4-7,9-10,12H2,1-2H3,(H,20,22). The molecule has 0 saturated heterocycles. The van der Waals surface area contributed by atoms with E-state index in [0.29, 0.717) is 6.04 Å². The minimum absolute atomic E-state index is 0.00307. The number of anilines is 1. The van der Waals surface area contributed by atoms with E-state index >= 15 is 0 Å². The van der Waals surface area contributed by atoms with E-state index in [2.05, 4.69) is 38.6 Å². The van der Waals surface area contributed by atoms with Gasteiger partial charge >= 0.3 is 0 Å². The average molecular weight is 354 g/mol. The third kappa shape index (κ3) is 3.62. The van der Waals surface area contributed by atoms with Crippen LogP contribution in [0, 0.1) is 6.92 Å². The largest absolute Gasteiger partial charge is 0.366 e. The lowest BCUT2D eigenvalue weighted by atomic mass is 9.91. The number of fused-ring (bicyclic) bond motifs is 1. The third-order valence-electron chi connectivity index (χ3n) is 5.48. The molecule has 2 aliphatic rings. The fourth-order valence-corrected chi connectivity index (χ4v) is 4.00. The van der Waals surface area contributed by atoms with Gasteiger partial charge in [-0.3, -0.25) is 4.79 Å². The van der Waals surface area contributed by atoms with E-state index in [4.69, 9.17) is 0 Å². The molecular formula is C19H26N6O. The molecule has 0 atom stereocenters. The highest BCUT2D eigenvalue weighted by molar-refractivity contribution is 5.40. The van der Waals surface area contributed by atoms with E-state index in [-0.39, 0.29) is 11.6 Å². The van der Waals surface area contributed by atoms with Crippen LogP contribution < -0.4 is 10.9 Å². The van der Waals surface area contributed by atoms with E-state index in [1.807, 2.05) is 6.92 Å². The fourth-order valence-electron chi connectivity index (χ4n) is 4.00. The number of hydrogen-bond donors (Lipinski definition) is 1. The SMILES string of the molecule is Cc1ccc(=O)n(C2CCC(Nc3cc4c(nn3)CCN(C)C4)CC2)n1. The molecule has 4 rings (SSSR count). The quantitative estimate of drug-likeness (QED) is 0.908. The topological polar surface area (TPSA) is 75.9 Å². The van der Waals surface area contributed by atoms with E-state index < -0.39 is 0 Å². The molecule has 0 aromatic carbocycles. The van der Waals surface area contributed by atoms with Gasteiger partial charge in [0.05, 0.1) is 17.4 Å². The van der Waals surface area contributed by atoms with Crippen molar-refractivity contribution in [1.82, 2.24) is 24.9 Å². The summed E-state index contributed by atoms with van der Waals surface area (Å²) in [7, 11) is 2.14. The maximum Gasteiger partial charge on any atom is 0.267 e. The minimum Gasteiger partial charge on any atom is -0.366 e. The molecule has 138 valence electrons. The average Bonchev–Trinajstić information content (AvgIpc) is 2.64. The van der Waals surface area contributed by atoms with Crippen molar-refractivity contribution < 1.29 is 0 Å². The molecule has 2 aromatic heterocycles. The molecule has 1 saturated carbocycles. The Kier molecular flexibility index (Phi) is 4.72. The summed E-state index contributed by atoms with van der Waals surface area (Å²) in [5.74, 6) is 0.869. The second kappa shape index (κ2) is 7.15. The molecule has 1 N–H and O–H groups in total. The lowest BCUT2D eigenvalue weighted by Gasteiger charge is -2.30. The first kappa shape index (κ1) is 17.1. The van der Waals surface area contributed by atoms with Crippen molar-refractivity contribution in [3.05, 3.63) is 45.5 Å². The monoisotopic (exact) mass is 354 g/mol. The van der Waals surface area contributed by atoms with Gasteiger partial charge in [0.15, 0.2) is 0 Å². The van der Waals surface area contributed by atoms with Crippen LogP contribution in [-0.4, -0.2) is 44.5 Å². The van der Waals surface area contributed by atoms with Crippen LogP contribution in [0.25, 0.3) is 0 Å². The Morgan fingerprint density at radius 2 is 1.96 bits per heavy atom. The Morgan fingerprint density at radius 3 is 2.77 bits per heavy atom. The summed E-state index contributed by atoms with van der Waals surface area (Å²) in [5, 5.41) is 16.7. The molecule has 2 aromatic rings. The molecular weight excluding hydrogens is 328 g/mol. The van der Waals surface area contributed by atoms with E-state index in [1.54, 1.807) is 16.8 Å². The Balaban J connectivity index is 1.39. The number of hydrogen-bond acceptors (Lipinski definition) is 6. The van der Waals surface area contributed by atoms with Crippen LogP contribution in [-0.2, 0) is 13.0 Å². The van der Waals surface area contributed by atoms with Crippen molar-refractivity contribution in [2.24, 2.45) is 0 Å². The predicted octanol–water partition coefficient (Wildman–Crippen LogP) is 1.93. The van der Waals surface area contributed by atoms with Crippen LogP contribution in [0.15, 0.2) is 23.0 Å². The van der Waals surface area contributed by atoms with Crippen molar-refractivity contribution in [1.29, 1.82) is 0 Å². The summed E-state index contributed by atoms with van der Waals surface area (Å²) in [6.45, 7) is 3.91. The van der Waals surface area contributed by atoms with Gasteiger partial charge in [0.2, 0.25) is 0 Å². The van der Waals surface area contributed by atoms with Gasteiger partial charge in [-0.1, -0.05) is 0 Å². The summed E-state index contributed by atoms with van der Waals surface area (Å²) in [5.41, 5.74) is 3.29. The lowest BCUT2D eigenvalue weighted by Crippen LogP contribution is -2.33. The van der Waals surface area contributed by atoms with E-state index in [0.717, 1.165) is 62.4 Å². The lowest BCUT2D eigenvalue weighted by molar-refractivity contribution is 0.301. The second-order valence-corrected chi connectivity index (χ2v) is 7.60. The van der Waals surface area contributed by atoms with Gasteiger partial charge in [0.1, 0.15) is 5.82 Å². The van der Waals surface area contributed by atoms with Crippen LogP contribution in [0.1, 0.15) is 48.7 Å². The summed E-state index contributed by atoms with van der Waals surface area (Å²) in [6.07, 6.45) is 4.89. The van der Waals surface area contributed by atoms with E-state index in [9.17, 15) is 4.79 Å². The molecule has 0 amide bonds. The first-order chi connectivity index (χ1) is 12.6. The van der Waals surface area contributed by atoms with Crippen LogP contribution in [0.5, 0.6) is 0 Å². The fraction of sp³-hybridized carbons (Fsp3) is 0.579. The van der Waals surface area contributed by atoms with Gasteiger partial charge in [-0.25, -0.2) is 4.68 Å². The van der Waals surface area contributed by atoms with Gasteiger partial charge < -0.3 is 10.2 Å². The smallest absolute Gasteiger partial charge is 0.267 e. The predicted molar refractivity (Wildman–Crippen MR) is 100 cm³/mol. The van der Waals surface area contributed by atoms with Crippen molar-refractivity contribution in [3.63, 3.8) is 0 Å². The first-order valence-corrected chi connectivity index (χ1v) is 9.45. The summed E-state index contributed by atoms with van der Waals surface area (Å²) < 4.78 is 1.67. The highest BCUT2D eigenvalue weighted by Gasteiger charge is 2.24. The molecule has 3 heterocycles. The number of aryl methyl sites for hydroxylation is 1. The molecule has 1 fully saturated rings. The summed E-state index contributed by atoms with van der Waals surface area (Å²) >= 11 is 0. The van der Waals surface area contributed by atoms with Crippen molar-refractivity contribution in [3.8, 4) is 0 Å². The molecule has 1 aliphatic carbocycles. The Morgan fingerprint density at radius 1 is 1.15 bits per heavy atom. The molecule has 1 aliphatic heterocycles. The molecule has 7 heteroatoms. The van der Waals surface area contributed by atoms with E-state index in [1.165, 1.54) is 5.56 Å². The minimum atomic E-state index is -0.00307. The Bertz CT molecular complexity index is 840. The van der Waals surface area contributed by atoms with Crippen molar-refractivity contribution >= 4 is 5.82 Å². The molecule has 26 heavy (non-hydrogen) atoms. The molecule has 7 nitrogen and oxygen atoms in total. The molecule has 0 unspecified atom stereocenters. The number of nitrogens with one attached hydrogen (secondary N) is 1. The number of likely N-dealkylation sites (N-methyl/N-ethyl adjacent to an activating group) is 1. The Labute approximate surface area is 153 Å². The molecule has 0 radical (unpaired) electrons. The maximum absolute atomic E-state index is 12.1. The zero-order chi connectivity index (χ0) is 18.1. The zero-order valence-corrected chi connectivity index (χ0v) is 15.5. The molecule has 0 spiro atoms. The van der Waals surface area contributed by atoms with Gasteiger partial charge in [0, 0.05) is 31.6 Å². The Hall–Kier alpha value is -2.28. The highest BCUT2D eigenvalue weighted by atomic mass is 16.1. The number of nitrogens with zero attached hydrogens (tertiary/aromatic N) is 5. The van der Waals surface area contributed by atoms with Crippen molar-refractivity contribution in [2.45, 2.75) is 57.7 Å². The van der Waals surface area contributed by atoms with Crippen LogP contribution in [0.3, 0.4) is 0 Å². The zero-order valence-electron chi connectivity index (χ0n) is 15.5. The second-order valence-electron chi connectivity index (χ2n) is 7.60. The third-order valence-corrected chi connectivity index (χ3v) is 5.48. The van der Waals surface area contributed by atoms with Crippen LogP contribution in [0.2, 0.25) is 0 Å². The van der Waals surface area contributed by atoms with Gasteiger partial charge in [-0.15, -0.1) is 5.10 Å². The maximum atomic E-state index is 12.1. The first-order valence-electron chi connectivity index (χ1n) is 9.45. The molecule has 0 bridgehead atoms. The highest BCUT2D eigenvalue weighted by Crippen LogP contribution is 2.29. The number of aromatic nitrogens is 4. The summed E-state index contributed by atoms with van der Waals surface area (Å²) in [6, 6.07) is 6.12. The number of rotatable bonds is 3. The summed E-state index contributed by atoms with van der Waals surface area (Å²) in [4.78, 5) is 14.4. The normalized spacial score (nSPS) is 23.5. The van der Waals surface area contributed by atoms with Crippen LogP contribution in [0.4, 0.5) is 5.82 Å². The van der Waals surface area contributed by atoms with Gasteiger partial charge in [-0.05, 0) is 57.4 Å². The van der Waals surface area contributed by atoms with Gasteiger partial charge in [0.25, 0.3) is 5.56 Å².